The van der Waals surface area contributed by atoms with Crippen LogP contribution in [0.15, 0.2) is 54.7 Å². The minimum absolute atomic E-state index is 0.0761. The van der Waals surface area contributed by atoms with Crippen LogP contribution >= 0.6 is 0 Å². The number of benzene rings is 1. The van der Waals surface area contributed by atoms with Gasteiger partial charge in [-0.05, 0) is 30.5 Å². The molecule has 98 valence electrons. The predicted octanol–water partition coefficient (Wildman–Crippen LogP) is 2.37. The van der Waals surface area contributed by atoms with Gasteiger partial charge >= 0.3 is 0 Å². The van der Waals surface area contributed by atoms with Gasteiger partial charge in [-0.25, -0.2) is 0 Å². The van der Waals surface area contributed by atoms with Crippen LogP contribution in [-0.4, -0.2) is 17.4 Å². The monoisotopic (exact) mass is 254 g/mol. The van der Waals surface area contributed by atoms with Crippen molar-refractivity contribution in [2.45, 2.75) is 19.3 Å². The molecular formula is C16H18N2O. The highest BCUT2D eigenvalue weighted by molar-refractivity contribution is 5.78. The highest BCUT2D eigenvalue weighted by Crippen LogP contribution is 2.00. The minimum atomic E-state index is 0.0761. The first kappa shape index (κ1) is 13.3. The van der Waals surface area contributed by atoms with Crippen LogP contribution in [0.4, 0.5) is 0 Å². The smallest absolute Gasteiger partial charge is 0.224 e. The molecule has 1 amide bonds. The van der Waals surface area contributed by atoms with E-state index in [9.17, 15) is 4.79 Å². The zero-order valence-corrected chi connectivity index (χ0v) is 10.9. The summed E-state index contributed by atoms with van der Waals surface area (Å²) < 4.78 is 0. The molecular weight excluding hydrogens is 236 g/mol. The maximum absolute atomic E-state index is 11.7. The molecule has 0 bridgehead atoms. The van der Waals surface area contributed by atoms with Crippen molar-refractivity contribution in [2.24, 2.45) is 0 Å². The predicted molar refractivity (Wildman–Crippen MR) is 75.7 cm³/mol. The Morgan fingerprint density at radius 3 is 2.58 bits per heavy atom. The van der Waals surface area contributed by atoms with E-state index in [2.05, 4.69) is 10.3 Å². The number of amides is 1. The molecule has 0 aliphatic carbocycles. The fourth-order valence-electron chi connectivity index (χ4n) is 1.89. The van der Waals surface area contributed by atoms with Crippen LogP contribution in [0.25, 0.3) is 0 Å². The highest BCUT2D eigenvalue weighted by atomic mass is 16.1. The number of aryl methyl sites for hydroxylation is 1. The molecule has 1 heterocycles. The van der Waals surface area contributed by atoms with Crippen LogP contribution in [0, 0.1) is 0 Å². The normalized spacial score (nSPS) is 10.1. The maximum atomic E-state index is 11.7. The van der Waals surface area contributed by atoms with Crippen molar-refractivity contribution < 1.29 is 4.79 Å². The Morgan fingerprint density at radius 2 is 1.84 bits per heavy atom. The summed E-state index contributed by atoms with van der Waals surface area (Å²) in [7, 11) is 0. The Balaban J connectivity index is 1.65. The van der Waals surface area contributed by atoms with E-state index in [1.807, 2.05) is 48.5 Å². The van der Waals surface area contributed by atoms with Gasteiger partial charge in [-0.15, -0.1) is 0 Å². The average molecular weight is 254 g/mol. The second kappa shape index (κ2) is 7.31. The van der Waals surface area contributed by atoms with Crippen LogP contribution in [0.3, 0.4) is 0 Å². The van der Waals surface area contributed by atoms with Crippen molar-refractivity contribution >= 4 is 5.91 Å². The molecule has 2 aromatic rings. The standard InChI is InChI=1S/C16H18N2O/c19-16(13-14-7-2-1-3-8-14)18-12-6-10-15-9-4-5-11-17-15/h1-5,7-9,11H,6,10,12-13H2,(H,18,19). The molecule has 1 N–H and O–H groups in total. The molecule has 3 nitrogen and oxygen atoms in total. The number of hydrogen-bond donors (Lipinski definition) is 1. The Labute approximate surface area is 113 Å². The van der Waals surface area contributed by atoms with Crippen molar-refractivity contribution in [1.29, 1.82) is 0 Å². The molecule has 1 aromatic carbocycles. The number of rotatable bonds is 6. The summed E-state index contributed by atoms with van der Waals surface area (Å²) >= 11 is 0. The molecule has 0 aliphatic heterocycles. The number of pyridine rings is 1. The molecule has 0 saturated carbocycles. The van der Waals surface area contributed by atoms with Crippen molar-refractivity contribution in [2.75, 3.05) is 6.54 Å². The number of nitrogens with one attached hydrogen (secondary N) is 1. The molecule has 1 aromatic heterocycles. The SMILES string of the molecule is O=C(Cc1ccccc1)NCCCc1ccccn1. The van der Waals surface area contributed by atoms with Gasteiger partial charge in [0.05, 0.1) is 6.42 Å². The second-order valence-corrected chi connectivity index (χ2v) is 4.44. The Hall–Kier alpha value is -2.16. The lowest BCUT2D eigenvalue weighted by atomic mass is 10.1. The fraction of sp³-hybridized carbons (Fsp3) is 0.250. The average Bonchev–Trinajstić information content (AvgIpc) is 2.46. The Bertz CT molecular complexity index is 497. The lowest BCUT2D eigenvalue weighted by Crippen LogP contribution is -2.26. The largest absolute Gasteiger partial charge is 0.356 e. The molecule has 0 radical (unpaired) electrons. The molecule has 3 heteroatoms. The molecule has 0 fully saturated rings. The van der Waals surface area contributed by atoms with E-state index in [4.69, 9.17) is 0 Å². The van der Waals surface area contributed by atoms with E-state index in [0.29, 0.717) is 13.0 Å². The molecule has 0 saturated heterocycles. The van der Waals surface area contributed by atoms with Gasteiger partial charge in [-0.2, -0.15) is 0 Å². The third-order valence-corrected chi connectivity index (χ3v) is 2.87. The van der Waals surface area contributed by atoms with Gasteiger partial charge in [0.2, 0.25) is 5.91 Å². The van der Waals surface area contributed by atoms with E-state index in [-0.39, 0.29) is 5.91 Å². The quantitative estimate of drug-likeness (QED) is 0.804. The van der Waals surface area contributed by atoms with Gasteiger partial charge in [0.1, 0.15) is 0 Å². The molecule has 0 spiro atoms. The van der Waals surface area contributed by atoms with Crippen molar-refractivity contribution in [3.8, 4) is 0 Å². The van der Waals surface area contributed by atoms with Crippen molar-refractivity contribution in [3.63, 3.8) is 0 Å². The third-order valence-electron chi connectivity index (χ3n) is 2.87. The fourth-order valence-corrected chi connectivity index (χ4v) is 1.89. The number of carbonyl (C=O) groups excluding carboxylic acids is 1. The van der Waals surface area contributed by atoms with Crippen LogP contribution in [0.2, 0.25) is 0 Å². The number of nitrogens with zero attached hydrogens (tertiary/aromatic N) is 1. The van der Waals surface area contributed by atoms with E-state index in [1.165, 1.54) is 0 Å². The summed E-state index contributed by atoms with van der Waals surface area (Å²) in [6.45, 7) is 0.697. The van der Waals surface area contributed by atoms with Gasteiger partial charge in [-0.1, -0.05) is 36.4 Å². The summed E-state index contributed by atoms with van der Waals surface area (Å²) in [6, 6.07) is 15.7. The summed E-state index contributed by atoms with van der Waals surface area (Å²) in [5.74, 6) is 0.0761. The summed E-state index contributed by atoms with van der Waals surface area (Å²) in [5.41, 5.74) is 2.12. The third kappa shape index (κ3) is 4.92. The van der Waals surface area contributed by atoms with Crippen molar-refractivity contribution in [3.05, 3.63) is 66.0 Å². The van der Waals surface area contributed by atoms with Crippen LogP contribution in [0.1, 0.15) is 17.7 Å². The lowest BCUT2D eigenvalue weighted by Gasteiger charge is -2.05. The van der Waals surface area contributed by atoms with E-state index in [1.54, 1.807) is 6.20 Å². The highest BCUT2D eigenvalue weighted by Gasteiger charge is 2.02. The second-order valence-electron chi connectivity index (χ2n) is 4.44. The summed E-state index contributed by atoms with van der Waals surface area (Å²) in [4.78, 5) is 15.9. The summed E-state index contributed by atoms with van der Waals surface area (Å²) in [6.07, 6.45) is 4.05. The zero-order chi connectivity index (χ0) is 13.3. The minimum Gasteiger partial charge on any atom is -0.356 e. The first-order valence-electron chi connectivity index (χ1n) is 6.55. The topological polar surface area (TPSA) is 42.0 Å². The first-order valence-corrected chi connectivity index (χ1v) is 6.55. The van der Waals surface area contributed by atoms with Gasteiger partial charge in [-0.3, -0.25) is 9.78 Å². The molecule has 2 rings (SSSR count). The number of hydrogen-bond acceptors (Lipinski definition) is 2. The molecule has 0 unspecified atom stereocenters. The van der Waals surface area contributed by atoms with E-state index in [0.717, 1.165) is 24.1 Å². The summed E-state index contributed by atoms with van der Waals surface area (Å²) in [5, 5.41) is 2.93. The number of carbonyl (C=O) groups is 1. The van der Waals surface area contributed by atoms with Gasteiger partial charge in [0.15, 0.2) is 0 Å². The van der Waals surface area contributed by atoms with Gasteiger partial charge in [0, 0.05) is 18.4 Å². The maximum Gasteiger partial charge on any atom is 0.224 e. The van der Waals surface area contributed by atoms with Crippen LogP contribution in [-0.2, 0) is 17.6 Å². The first-order chi connectivity index (χ1) is 9.34. The van der Waals surface area contributed by atoms with E-state index >= 15 is 0 Å². The molecule has 0 atom stereocenters. The zero-order valence-electron chi connectivity index (χ0n) is 10.9. The van der Waals surface area contributed by atoms with Crippen LogP contribution in [0.5, 0.6) is 0 Å². The van der Waals surface area contributed by atoms with Crippen molar-refractivity contribution in [1.82, 2.24) is 10.3 Å². The lowest BCUT2D eigenvalue weighted by molar-refractivity contribution is -0.120. The van der Waals surface area contributed by atoms with Gasteiger partial charge < -0.3 is 5.32 Å². The molecule has 19 heavy (non-hydrogen) atoms. The van der Waals surface area contributed by atoms with Crippen LogP contribution < -0.4 is 5.32 Å². The Morgan fingerprint density at radius 1 is 1.05 bits per heavy atom. The molecule has 0 aliphatic rings. The number of aromatic nitrogens is 1. The van der Waals surface area contributed by atoms with Gasteiger partial charge in [0.25, 0.3) is 0 Å². The van der Waals surface area contributed by atoms with E-state index < -0.39 is 0 Å². The Kier molecular flexibility index (Phi) is 5.11.